The van der Waals surface area contributed by atoms with Crippen molar-refractivity contribution in [2.45, 2.75) is 46.8 Å². The van der Waals surface area contributed by atoms with Crippen LogP contribution in [0.5, 0.6) is 11.5 Å². The summed E-state index contributed by atoms with van der Waals surface area (Å²) >= 11 is 0. The minimum atomic E-state index is -0.360. The van der Waals surface area contributed by atoms with E-state index in [1.54, 1.807) is 18.2 Å². The first-order valence-corrected chi connectivity index (χ1v) is 12.9. The summed E-state index contributed by atoms with van der Waals surface area (Å²) in [6.45, 7) is 11.4. The Morgan fingerprint density at radius 3 is 2.42 bits per heavy atom. The van der Waals surface area contributed by atoms with E-state index < -0.39 is 0 Å². The molecule has 0 aliphatic carbocycles. The van der Waals surface area contributed by atoms with E-state index in [1.807, 2.05) is 31.2 Å². The first-order chi connectivity index (χ1) is 17.3. The molecule has 5 heteroatoms. The molecule has 1 unspecified atom stereocenters. The zero-order valence-electron chi connectivity index (χ0n) is 21.7. The molecule has 188 valence electrons. The van der Waals surface area contributed by atoms with Crippen LogP contribution in [-0.2, 0) is 4.74 Å². The summed E-state index contributed by atoms with van der Waals surface area (Å²) in [5.74, 6) is 0.472. The number of hydrogen-bond donors (Lipinski definition) is 2. The van der Waals surface area contributed by atoms with Gasteiger partial charge in [0.2, 0.25) is 0 Å². The van der Waals surface area contributed by atoms with Gasteiger partial charge in [0.1, 0.15) is 11.5 Å². The molecule has 5 nitrogen and oxygen atoms in total. The molecule has 2 N–H and O–H groups in total. The Morgan fingerprint density at radius 2 is 1.69 bits per heavy atom. The highest BCUT2D eigenvalue weighted by atomic mass is 16.5. The largest absolute Gasteiger partial charge is 0.508 e. The minimum absolute atomic E-state index is 0.233. The second-order valence-corrected chi connectivity index (χ2v) is 10.6. The van der Waals surface area contributed by atoms with Gasteiger partial charge in [-0.1, -0.05) is 32.0 Å². The van der Waals surface area contributed by atoms with Gasteiger partial charge in [0.15, 0.2) is 6.23 Å². The number of piperidine rings is 1. The zero-order valence-corrected chi connectivity index (χ0v) is 21.7. The van der Waals surface area contributed by atoms with E-state index in [-0.39, 0.29) is 23.1 Å². The van der Waals surface area contributed by atoms with Crippen molar-refractivity contribution >= 4 is 16.6 Å². The molecule has 1 aromatic heterocycles. The lowest BCUT2D eigenvalue weighted by Gasteiger charge is -2.41. The topological polar surface area (TPSA) is 57.9 Å². The van der Waals surface area contributed by atoms with Crippen LogP contribution in [0.4, 0.5) is 5.69 Å². The molecule has 0 saturated carbocycles. The van der Waals surface area contributed by atoms with Gasteiger partial charge in [0.05, 0.1) is 11.2 Å². The monoisotopic (exact) mass is 484 g/mol. The zero-order chi connectivity index (χ0) is 25.4. The van der Waals surface area contributed by atoms with Gasteiger partial charge >= 0.3 is 0 Å². The predicted octanol–water partition coefficient (Wildman–Crippen LogP) is 7.24. The van der Waals surface area contributed by atoms with Crippen LogP contribution in [-0.4, -0.2) is 34.5 Å². The predicted molar refractivity (Wildman–Crippen MR) is 147 cm³/mol. The number of fused-ring (bicyclic) bond motifs is 1. The van der Waals surface area contributed by atoms with E-state index in [4.69, 9.17) is 4.74 Å². The maximum absolute atomic E-state index is 10.3. The highest BCUT2D eigenvalue weighted by Crippen LogP contribution is 2.42. The Kier molecular flexibility index (Phi) is 6.44. The summed E-state index contributed by atoms with van der Waals surface area (Å²) in [7, 11) is 0. The molecule has 0 bridgehead atoms. The van der Waals surface area contributed by atoms with Crippen LogP contribution in [0.3, 0.4) is 0 Å². The summed E-state index contributed by atoms with van der Waals surface area (Å²) < 4.78 is 8.82. The number of nitrogens with zero attached hydrogens (tertiary/aromatic N) is 2. The van der Waals surface area contributed by atoms with Crippen LogP contribution >= 0.6 is 0 Å². The van der Waals surface area contributed by atoms with E-state index in [0.29, 0.717) is 6.61 Å². The number of aryl methyl sites for hydroxylation is 1. The first-order valence-electron chi connectivity index (χ1n) is 12.9. The van der Waals surface area contributed by atoms with Crippen LogP contribution in [0.15, 0.2) is 66.7 Å². The third-order valence-electron chi connectivity index (χ3n) is 7.38. The molecule has 1 atom stereocenters. The molecular weight excluding hydrogens is 448 g/mol. The molecule has 2 heterocycles. The van der Waals surface area contributed by atoms with Crippen molar-refractivity contribution in [1.29, 1.82) is 0 Å². The Bertz CT molecular complexity index is 1370. The molecule has 36 heavy (non-hydrogen) atoms. The van der Waals surface area contributed by atoms with Gasteiger partial charge in [-0.25, -0.2) is 0 Å². The van der Waals surface area contributed by atoms with Crippen LogP contribution in [0.1, 0.15) is 51.0 Å². The smallest absolute Gasteiger partial charge is 0.162 e. The number of aromatic hydroxyl groups is 2. The lowest BCUT2D eigenvalue weighted by atomic mass is 9.84. The fourth-order valence-electron chi connectivity index (χ4n) is 5.76. The molecule has 1 aliphatic heterocycles. The van der Waals surface area contributed by atoms with Gasteiger partial charge in [-0.3, -0.25) is 0 Å². The second-order valence-electron chi connectivity index (χ2n) is 10.6. The van der Waals surface area contributed by atoms with E-state index in [9.17, 15) is 10.2 Å². The third-order valence-corrected chi connectivity index (χ3v) is 7.38. The number of aromatic nitrogens is 1. The normalized spacial score (nSPS) is 16.4. The lowest BCUT2D eigenvalue weighted by Crippen LogP contribution is -2.40. The molecule has 0 spiro atoms. The Morgan fingerprint density at radius 1 is 0.972 bits per heavy atom. The summed E-state index contributed by atoms with van der Waals surface area (Å²) in [6, 6.07) is 21.4. The molecule has 1 saturated heterocycles. The van der Waals surface area contributed by atoms with E-state index in [0.717, 1.165) is 46.4 Å². The van der Waals surface area contributed by atoms with Gasteiger partial charge in [-0.2, -0.15) is 0 Å². The highest BCUT2D eigenvalue weighted by Gasteiger charge is 2.31. The van der Waals surface area contributed by atoms with Gasteiger partial charge in [0.25, 0.3) is 0 Å². The number of hydrogen-bond acceptors (Lipinski definition) is 4. The van der Waals surface area contributed by atoms with Crippen LogP contribution in [0.2, 0.25) is 0 Å². The number of benzene rings is 3. The molecule has 5 rings (SSSR count). The molecule has 0 radical (unpaired) electrons. The second kappa shape index (κ2) is 9.55. The van der Waals surface area contributed by atoms with E-state index >= 15 is 0 Å². The van der Waals surface area contributed by atoms with Crippen molar-refractivity contribution in [2.75, 3.05) is 24.6 Å². The molecular formula is C31H36N2O3. The van der Waals surface area contributed by atoms with Gasteiger partial charge in [0, 0.05) is 36.3 Å². The average molecular weight is 485 g/mol. The van der Waals surface area contributed by atoms with Crippen molar-refractivity contribution in [3.8, 4) is 22.8 Å². The maximum atomic E-state index is 10.3. The molecule has 4 aromatic rings. The Balaban J connectivity index is 1.75. The number of phenolic OH excluding ortho intramolecular Hbond substituents is 2. The van der Waals surface area contributed by atoms with Crippen molar-refractivity contribution < 1.29 is 14.9 Å². The van der Waals surface area contributed by atoms with E-state index in [1.165, 1.54) is 18.5 Å². The number of phenols is 2. The number of ether oxygens (including phenoxy) is 1. The molecule has 1 fully saturated rings. The van der Waals surface area contributed by atoms with Crippen molar-refractivity contribution in [2.24, 2.45) is 5.41 Å². The lowest BCUT2D eigenvalue weighted by molar-refractivity contribution is 0.0454. The molecule has 0 amide bonds. The SMILES string of the molecule is CCOC(c1ccccc1N1CCCC(C)(C)C1)n1c(-c2ccc(O)cc2)c(C)c2cc(O)ccc21. The van der Waals surface area contributed by atoms with Gasteiger partial charge in [-0.15, -0.1) is 0 Å². The summed E-state index contributed by atoms with van der Waals surface area (Å²) in [6.07, 6.45) is 2.04. The fraction of sp³-hybridized carbons (Fsp3) is 0.355. The third kappa shape index (κ3) is 4.44. The standard InChI is InChI=1S/C31H36N2O3/c1-5-36-30(25-9-6-7-10-27(25)32-18-8-17-31(3,4)20-32)33-28-16-15-24(35)19-26(28)21(2)29(33)22-11-13-23(34)14-12-22/h6-7,9-16,19,30,34-35H,5,8,17-18,20H2,1-4H3. The minimum Gasteiger partial charge on any atom is -0.508 e. The number of para-hydroxylation sites is 1. The van der Waals surface area contributed by atoms with Gasteiger partial charge in [-0.05, 0) is 91.8 Å². The summed E-state index contributed by atoms with van der Waals surface area (Å²) in [5, 5.41) is 21.2. The highest BCUT2D eigenvalue weighted by molar-refractivity contribution is 5.93. The van der Waals surface area contributed by atoms with E-state index in [2.05, 4.69) is 54.5 Å². The summed E-state index contributed by atoms with van der Waals surface area (Å²) in [4.78, 5) is 2.51. The fourth-order valence-corrected chi connectivity index (χ4v) is 5.76. The van der Waals surface area contributed by atoms with Crippen molar-refractivity contribution in [3.05, 3.63) is 77.9 Å². The first kappa shape index (κ1) is 24.3. The van der Waals surface area contributed by atoms with Gasteiger partial charge < -0.3 is 24.4 Å². The Labute approximate surface area is 213 Å². The molecule has 1 aliphatic rings. The summed E-state index contributed by atoms with van der Waals surface area (Å²) in [5.41, 5.74) is 6.66. The van der Waals surface area contributed by atoms with Crippen molar-refractivity contribution in [1.82, 2.24) is 4.57 Å². The van der Waals surface area contributed by atoms with Crippen LogP contribution in [0, 0.1) is 12.3 Å². The van der Waals surface area contributed by atoms with Crippen molar-refractivity contribution in [3.63, 3.8) is 0 Å². The number of anilines is 1. The van der Waals surface area contributed by atoms with Crippen LogP contribution < -0.4 is 4.90 Å². The quantitative estimate of drug-likeness (QED) is 0.303. The Hall–Kier alpha value is -3.44. The molecule has 3 aromatic carbocycles. The number of rotatable bonds is 6. The van der Waals surface area contributed by atoms with Crippen LogP contribution in [0.25, 0.3) is 22.2 Å². The average Bonchev–Trinajstić information content (AvgIpc) is 3.14. The maximum Gasteiger partial charge on any atom is 0.162 e.